The van der Waals surface area contributed by atoms with E-state index < -0.39 is 0 Å². The van der Waals surface area contributed by atoms with Crippen molar-refractivity contribution in [2.45, 2.75) is 19.0 Å². The molecule has 0 aromatic carbocycles. The second-order valence-corrected chi connectivity index (χ2v) is 6.35. The first-order chi connectivity index (χ1) is 11.5. The van der Waals surface area contributed by atoms with Gasteiger partial charge in [0.1, 0.15) is 12.3 Å². The summed E-state index contributed by atoms with van der Waals surface area (Å²) in [5.74, 6) is 0.0973. The summed E-state index contributed by atoms with van der Waals surface area (Å²) in [6.45, 7) is 2.93. The maximum atomic E-state index is 11.7. The van der Waals surface area contributed by atoms with Gasteiger partial charge >= 0.3 is 0 Å². The Morgan fingerprint density at radius 2 is 2.33 bits per heavy atom. The number of rotatable bonds is 6. The van der Waals surface area contributed by atoms with Crippen LogP contribution in [0.3, 0.4) is 0 Å². The molecule has 2 aromatic heterocycles. The van der Waals surface area contributed by atoms with Crippen LogP contribution < -0.4 is 0 Å². The highest BCUT2D eigenvalue weighted by Crippen LogP contribution is 2.27. The fourth-order valence-electron chi connectivity index (χ4n) is 3.00. The Hall–Kier alpha value is -2.19. The second-order valence-electron chi connectivity index (χ2n) is 6.35. The molecule has 2 aromatic rings. The molecule has 1 aliphatic heterocycles. The van der Waals surface area contributed by atoms with Gasteiger partial charge in [0.05, 0.1) is 24.8 Å². The highest BCUT2D eigenvalue weighted by molar-refractivity contribution is 5.76. The molecule has 3 heterocycles. The summed E-state index contributed by atoms with van der Waals surface area (Å²) in [5, 5.41) is 8.42. The van der Waals surface area contributed by atoms with Crippen LogP contribution in [0.25, 0.3) is 0 Å². The summed E-state index contributed by atoms with van der Waals surface area (Å²) < 4.78 is 12.6. The number of furan rings is 1. The minimum Gasteiger partial charge on any atom is -0.472 e. The van der Waals surface area contributed by atoms with Crippen molar-refractivity contribution in [2.75, 3.05) is 33.9 Å². The smallest absolute Gasteiger partial charge is 0.248 e. The molecular formula is C16H23N5O3. The van der Waals surface area contributed by atoms with Crippen LogP contribution in [0, 0.1) is 0 Å². The SMILES string of the molecule is CN(C)C(=O)COC[C@@H]1CN(Cc2ccoc2)Cc2nnn(C)c21. The van der Waals surface area contributed by atoms with Gasteiger partial charge in [0.2, 0.25) is 5.91 Å². The van der Waals surface area contributed by atoms with Gasteiger partial charge in [-0.15, -0.1) is 5.10 Å². The first-order valence-electron chi connectivity index (χ1n) is 7.94. The maximum Gasteiger partial charge on any atom is 0.248 e. The third-order valence-electron chi connectivity index (χ3n) is 4.21. The molecule has 8 heteroatoms. The number of carbonyl (C=O) groups excluding carboxylic acids is 1. The fourth-order valence-corrected chi connectivity index (χ4v) is 3.00. The minimum absolute atomic E-state index is 0.0376. The topological polar surface area (TPSA) is 76.6 Å². The largest absolute Gasteiger partial charge is 0.472 e. The van der Waals surface area contributed by atoms with Crippen molar-refractivity contribution >= 4 is 5.91 Å². The zero-order valence-electron chi connectivity index (χ0n) is 14.3. The van der Waals surface area contributed by atoms with Crippen LogP contribution in [0.1, 0.15) is 22.9 Å². The first kappa shape index (κ1) is 16.7. The van der Waals surface area contributed by atoms with Crippen LogP contribution in [0.4, 0.5) is 0 Å². The average molecular weight is 333 g/mol. The predicted molar refractivity (Wildman–Crippen MR) is 86.1 cm³/mol. The van der Waals surface area contributed by atoms with Crippen LogP contribution >= 0.6 is 0 Å². The summed E-state index contributed by atoms with van der Waals surface area (Å²) in [6, 6.07) is 1.97. The zero-order chi connectivity index (χ0) is 17.1. The lowest BCUT2D eigenvalue weighted by Crippen LogP contribution is -2.36. The highest BCUT2D eigenvalue weighted by atomic mass is 16.5. The molecular weight excluding hydrogens is 310 g/mol. The fraction of sp³-hybridized carbons (Fsp3) is 0.562. The number of fused-ring (bicyclic) bond motifs is 1. The molecule has 0 fully saturated rings. The minimum atomic E-state index is -0.0376. The van der Waals surface area contributed by atoms with Crippen molar-refractivity contribution in [3.05, 3.63) is 35.5 Å². The van der Waals surface area contributed by atoms with E-state index in [0.717, 1.165) is 36.6 Å². The van der Waals surface area contributed by atoms with Crippen molar-refractivity contribution in [3.8, 4) is 0 Å². The summed E-state index contributed by atoms with van der Waals surface area (Å²) in [7, 11) is 5.35. The van der Waals surface area contributed by atoms with Crippen molar-refractivity contribution in [1.82, 2.24) is 24.8 Å². The molecule has 0 saturated heterocycles. The highest BCUT2D eigenvalue weighted by Gasteiger charge is 2.30. The van der Waals surface area contributed by atoms with Crippen molar-refractivity contribution in [2.24, 2.45) is 7.05 Å². The second kappa shape index (κ2) is 7.14. The molecule has 0 spiro atoms. The normalized spacial score (nSPS) is 17.7. The van der Waals surface area contributed by atoms with Crippen LogP contribution in [0.5, 0.6) is 0 Å². The van der Waals surface area contributed by atoms with E-state index in [4.69, 9.17) is 9.15 Å². The lowest BCUT2D eigenvalue weighted by Gasteiger charge is -2.31. The standard InChI is InChI=1S/C16H23N5O3/c1-19(2)15(22)11-24-10-13-7-21(6-12-4-5-23-9-12)8-14-16(13)20(3)18-17-14/h4-5,9,13H,6-8,10-11H2,1-3H3/t13-/m0/s1. The van der Waals surface area contributed by atoms with Gasteiger partial charge in [-0.25, -0.2) is 0 Å². The number of nitrogens with zero attached hydrogens (tertiary/aromatic N) is 5. The molecule has 1 atom stereocenters. The lowest BCUT2D eigenvalue weighted by atomic mass is 9.98. The van der Waals surface area contributed by atoms with E-state index in [2.05, 4.69) is 15.2 Å². The van der Waals surface area contributed by atoms with Gasteiger partial charge in [-0.1, -0.05) is 5.21 Å². The summed E-state index contributed by atoms with van der Waals surface area (Å²) in [5.41, 5.74) is 3.19. The van der Waals surface area contributed by atoms with E-state index in [0.29, 0.717) is 6.61 Å². The van der Waals surface area contributed by atoms with Crippen molar-refractivity contribution in [3.63, 3.8) is 0 Å². The van der Waals surface area contributed by atoms with Crippen LogP contribution in [0.2, 0.25) is 0 Å². The molecule has 0 bridgehead atoms. The Bertz CT molecular complexity index is 680. The van der Waals surface area contributed by atoms with E-state index >= 15 is 0 Å². The van der Waals surface area contributed by atoms with Gasteiger partial charge in [0.25, 0.3) is 0 Å². The molecule has 0 unspecified atom stereocenters. The summed E-state index contributed by atoms with van der Waals surface area (Å²) >= 11 is 0. The number of carbonyl (C=O) groups is 1. The number of likely N-dealkylation sites (N-methyl/N-ethyl adjacent to an activating group) is 1. The van der Waals surface area contributed by atoms with Gasteiger partial charge < -0.3 is 14.1 Å². The van der Waals surface area contributed by atoms with E-state index in [1.165, 1.54) is 4.90 Å². The Balaban J connectivity index is 1.66. The van der Waals surface area contributed by atoms with Crippen LogP contribution in [-0.2, 0) is 29.7 Å². The molecule has 3 rings (SSSR count). The molecule has 8 nitrogen and oxygen atoms in total. The Labute approximate surface area is 141 Å². The Morgan fingerprint density at radius 3 is 3.04 bits per heavy atom. The molecule has 1 aliphatic rings. The van der Waals surface area contributed by atoms with Gasteiger partial charge in [0, 0.05) is 52.3 Å². The van der Waals surface area contributed by atoms with E-state index in [-0.39, 0.29) is 18.4 Å². The van der Waals surface area contributed by atoms with Gasteiger partial charge in [-0.3, -0.25) is 14.4 Å². The van der Waals surface area contributed by atoms with E-state index in [9.17, 15) is 4.79 Å². The number of ether oxygens (including phenoxy) is 1. The third-order valence-corrected chi connectivity index (χ3v) is 4.21. The summed E-state index contributed by atoms with van der Waals surface area (Å²) in [6.07, 6.45) is 3.44. The Kier molecular flexibility index (Phi) is 4.96. The molecule has 130 valence electrons. The van der Waals surface area contributed by atoms with Gasteiger partial charge in [0.15, 0.2) is 0 Å². The monoisotopic (exact) mass is 333 g/mol. The van der Waals surface area contributed by atoms with E-state index in [1.54, 1.807) is 26.6 Å². The quantitative estimate of drug-likeness (QED) is 0.771. The summed E-state index contributed by atoms with van der Waals surface area (Å²) in [4.78, 5) is 15.5. The predicted octanol–water partition coefficient (Wildman–Crippen LogP) is 0.612. The molecule has 24 heavy (non-hydrogen) atoms. The third kappa shape index (κ3) is 3.65. The maximum absolute atomic E-state index is 11.7. The lowest BCUT2D eigenvalue weighted by molar-refractivity contribution is -0.133. The van der Waals surface area contributed by atoms with Crippen LogP contribution in [0.15, 0.2) is 23.0 Å². The number of amides is 1. The Morgan fingerprint density at radius 1 is 1.50 bits per heavy atom. The number of hydrogen-bond donors (Lipinski definition) is 0. The van der Waals surface area contributed by atoms with Gasteiger partial charge in [-0.2, -0.15) is 0 Å². The average Bonchev–Trinajstić information content (AvgIpc) is 3.17. The van der Waals surface area contributed by atoms with Gasteiger partial charge in [-0.05, 0) is 6.07 Å². The molecule has 0 radical (unpaired) electrons. The zero-order valence-corrected chi connectivity index (χ0v) is 14.3. The van der Waals surface area contributed by atoms with Crippen molar-refractivity contribution in [1.29, 1.82) is 0 Å². The molecule has 0 saturated carbocycles. The molecule has 1 amide bonds. The first-order valence-corrected chi connectivity index (χ1v) is 7.94. The van der Waals surface area contributed by atoms with Crippen molar-refractivity contribution < 1.29 is 13.9 Å². The molecule has 0 N–H and O–H groups in total. The number of hydrogen-bond acceptors (Lipinski definition) is 6. The molecule has 0 aliphatic carbocycles. The van der Waals surface area contributed by atoms with Crippen LogP contribution in [-0.4, -0.2) is 64.6 Å². The number of aryl methyl sites for hydroxylation is 1. The number of aromatic nitrogens is 3. The van der Waals surface area contributed by atoms with E-state index in [1.807, 2.05) is 17.8 Å².